The van der Waals surface area contributed by atoms with E-state index in [1.54, 1.807) is 6.07 Å². The molecule has 0 aliphatic heterocycles. The van der Waals surface area contributed by atoms with Crippen molar-refractivity contribution in [2.24, 2.45) is 0 Å². The number of halogens is 2. The Bertz CT molecular complexity index is 551. The van der Waals surface area contributed by atoms with Crippen LogP contribution < -0.4 is 0 Å². The van der Waals surface area contributed by atoms with Crippen LogP contribution in [0.25, 0.3) is 11.1 Å². The molecule has 2 heteroatoms. The average Bonchev–Trinajstić information content (AvgIpc) is 2.32. The Morgan fingerprint density at radius 2 is 1.44 bits per heavy atom. The second-order valence-electron chi connectivity index (χ2n) is 5.44. The molecule has 2 rings (SSSR count). The Balaban J connectivity index is 2.62. The first-order valence-corrected chi connectivity index (χ1v) is 5.94. The molecular formula is C16H16F2. The van der Waals surface area contributed by atoms with Crippen molar-refractivity contribution in [2.75, 3.05) is 0 Å². The van der Waals surface area contributed by atoms with E-state index < -0.39 is 17.0 Å². The van der Waals surface area contributed by atoms with E-state index in [1.165, 1.54) is 6.07 Å². The highest BCUT2D eigenvalue weighted by atomic mass is 19.2. The van der Waals surface area contributed by atoms with Gasteiger partial charge in [-0.3, -0.25) is 0 Å². The molecule has 0 unspecified atom stereocenters. The maximum Gasteiger partial charge on any atom is 0.162 e. The van der Waals surface area contributed by atoms with Crippen molar-refractivity contribution in [3.05, 3.63) is 59.7 Å². The van der Waals surface area contributed by atoms with Gasteiger partial charge in [-0.15, -0.1) is 0 Å². The lowest BCUT2D eigenvalue weighted by Gasteiger charge is -2.21. The first-order chi connectivity index (χ1) is 8.39. The molecule has 0 saturated heterocycles. The molecule has 0 aliphatic carbocycles. The van der Waals surface area contributed by atoms with E-state index in [1.807, 2.05) is 51.1 Å². The molecule has 0 N–H and O–H groups in total. The van der Waals surface area contributed by atoms with E-state index >= 15 is 0 Å². The second kappa shape index (κ2) is 4.52. The van der Waals surface area contributed by atoms with Gasteiger partial charge in [-0.2, -0.15) is 0 Å². The van der Waals surface area contributed by atoms with Crippen molar-refractivity contribution in [3.63, 3.8) is 0 Å². The lowest BCUT2D eigenvalue weighted by molar-refractivity contribution is 0.465. The predicted octanol–water partition coefficient (Wildman–Crippen LogP) is 4.93. The average molecular weight is 246 g/mol. The maximum atomic E-state index is 13.8. The third kappa shape index (κ3) is 2.42. The van der Waals surface area contributed by atoms with Gasteiger partial charge in [0, 0.05) is 0 Å². The fraction of sp³-hybridized carbons (Fsp3) is 0.250. The molecule has 2 aromatic rings. The summed E-state index contributed by atoms with van der Waals surface area (Å²) >= 11 is 0. The molecule has 0 spiro atoms. The van der Waals surface area contributed by atoms with Gasteiger partial charge in [-0.1, -0.05) is 51.1 Å². The minimum atomic E-state index is -0.790. The molecule has 0 heterocycles. The summed E-state index contributed by atoms with van der Waals surface area (Å²) in [7, 11) is 0. The normalized spacial score (nSPS) is 11.6. The molecule has 0 bridgehead atoms. The van der Waals surface area contributed by atoms with Gasteiger partial charge in [0.2, 0.25) is 0 Å². The van der Waals surface area contributed by atoms with Gasteiger partial charge in [0.05, 0.1) is 0 Å². The minimum absolute atomic E-state index is 0.404. The fourth-order valence-electron chi connectivity index (χ4n) is 1.93. The van der Waals surface area contributed by atoms with Gasteiger partial charge in [-0.05, 0) is 34.2 Å². The molecular weight excluding hydrogens is 230 g/mol. The number of rotatable bonds is 1. The van der Waals surface area contributed by atoms with Crippen LogP contribution in [-0.4, -0.2) is 0 Å². The summed E-state index contributed by atoms with van der Waals surface area (Å²) < 4.78 is 27.5. The smallest absolute Gasteiger partial charge is 0.162 e. The first-order valence-electron chi connectivity index (χ1n) is 5.94. The Morgan fingerprint density at radius 1 is 0.833 bits per heavy atom. The van der Waals surface area contributed by atoms with Gasteiger partial charge in [0.1, 0.15) is 0 Å². The van der Waals surface area contributed by atoms with Crippen molar-refractivity contribution in [3.8, 4) is 11.1 Å². The Hall–Kier alpha value is -1.70. The quantitative estimate of drug-likeness (QED) is 0.669. The molecule has 0 atom stereocenters. The van der Waals surface area contributed by atoms with Crippen LogP contribution in [0.15, 0.2) is 42.5 Å². The molecule has 0 aromatic heterocycles. The third-order valence-electron chi connectivity index (χ3n) is 2.94. The lowest BCUT2D eigenvalue weighted by atomic mass is 9.85. The van der Waals surface area contributed by atoms with Gasteiger partial charge >= 0.3 is 0 Å². The summed E-state index contributed by atoms with van der Waals surface area (Å²) in [6, 6.07) is 12.4. The first kappa shape index (κ1) is 12.7. The standard InChI is InChI=1S/C16H16F2/c1-16(2,3)13-9-12(10-14(17)15(13)18)11-7-5-4-6-8-11/h4-10H,1-3H3. The van der Waals surface area contributed by atoms with Crippen molar-refractivity contribution in [2.45, 2.75) is 26.2 Å². The summed E-state index contributed by atoms with van der Waals surface area (Å²) in [5.74, 6) is -1.54. The maximum absolute atomic E-state index is 13.8. The summed E-state index contributed by atoms with van der Waals surface area (Å²) in [5.41, 5.74) is 1.58. The number of hydrogen-bond donors (Lipinski definition) is 0. The highest BCUT2D eigenvalue weighted by Crippen LogP contribution is 2.31. The molecule has 0 radical (unpaired) electrons. The summed E-state index contributed by atoms with van der Waals surface area (Å²) in [4.78, 5) is 0. The monoisotopic (exact) mass is 246 g/mol. The van der Waals surface area contributed by atoms with Crippen LogP contribution in [0.1, 0.15) is 26.3 Å². The third-order valence-corrected chi connectivity index (χ3v) is 2.94. The van der Waals surface area contributed by atoms with Crippen molar-refractivity contribution >= 4 is 0 Å². The Morgan fingerprint density at radius 3 is 2.00 bits per heavy atom. The molecule has 94 valence electrons. The zero-order valence-electron chi connectivity index (χ0n) is 10.8. The van der Waals surface area contributed by atoms with Crippen molar-refractivity contribution in [1.82, 2.24) is 0 Å². The fourth-order valence-corrected chi connectivity index (χ4v) is 1.93. The topological polar surface area (TPSA) is 0 Å². The van der Waals surface area contributed by atoms with E-state index in [0.29, 0.717) is 11.1 Å². The van der Waals surface area contributed by atoms with E-state index in [4.69, 9.17) is 0 Å². The largest absolute Gasteiger partial charge is 0.204 e. The van der Waals surface area contributed by atoms with Crippen molar-refractivity contribution in [1.29, 1.82) is 0 Å². The van der Waals surface area contributed by atoms with E-state index in [9.17, 15) is 8.78 Å². The van der Waals surface area contributed by atoms with E-state index in [2.05, 4.69) is 0 Å². The van der Waals surface area contributed by atoms with Crippen LogP contribution in [-0.2, 0) is 5.41 Å². The highest BCUT2D eigenvalue weighted by Gasteiger charge is 2.22. The van der Waals surface area contributed by atoms with Crippen LogP contribution >= 0.6 is 0 Å². The van der Waals surface area contributed by atoms with Gasteiger partial charge in [0.25, 0.3) is 0 Å². The Kier molecular flexibility index (Phi) is 3.20. The van der Waals surface area contributed by atoms with Gasteiger partial charge in [0.15, 0.2) is 11.6 Å². The Labute approximate surface area is 106 Å². The summed E-state index contributed by atoms with van der Waals surface area (Å²) in [6.45, 7) is 5.62. The van der Waals surface area contributed by atoms with Crippen molar-refractivity contribution < 1.29 is 8.78 Å². The van der Waals surface area contributed by atoms with E-state index in [0.717, 1.165) is 5.56 Å². The molecule has 2 aromatic carbocycles. The minimum Gasteiger partial charge on any atom is -0.204 e. The zero-order valence-corrected chi connectivity index (χ0v) is 10.8. The van der Waals surface area contributed by atoms with Gasteiger partial charge < -0.3 is 0 Å². The zero-order chi connectivity index (χ0) is 13.3. The lowest BCUT2D eigenvalue weighted by Crippen LogP contribution is -2.14. The summed E-state index contributed by atoms with van der Waals surface area (Å²) in [5, 5.41) is 0. The molecule has 0 nitrogen and oxygen atoms in total. The highest BCUT2D eigenvalue weighted by molar-refractivity contribution is 5.64. The van der Waals surface area contributed by atoms with Crippen LogP contribution in [0, 0.1) is 11.6 Å². The second-order valence-corrected chi connectivity index (χ2v) is 5.44. The molecule has 18 heavy (non-hydrogen) atoms. The van der Waals surface area contributed by atoms with Crippen LogP contribution in [0.2, 0.25) is 0 Å². The SMILES string of the molecule is CC(C)(C)c1cc(-c2ccccc2)cc(F)c1F. The molecule has 0 fully saturated rings. The number of hydrogen-bond acceptors (Lipinski definition) is 0. The number of benzene rings is 2. The van der Waals surface area contributed by atoms with E-state index in [-0.39, 0.29) is 0 Å². The molecule has 0 aliphatic rings. The van der Waals surface area contributed by atoms with Crippen LogP contribution in [0.4, 0.5) is 8.78 Å². The molecule has 0 saturated carbocycles. The predicted molar refractivity (Wildman–Crippen MR) is 70.5 cm³/mol. The van der Waals surface area contributed by atoms with Crippen LogP contribution in [0.5, 0.6) is 0 Å². The van der Waals surface area contributed by atoms with Crippen LogP contribution in [0.3, 0.4) is 0 Å². The molecule has 0 amide bonds. The van der Waals surface area contributed by atoms with Gasteiger partial charge in [-0.25, -0.2) is 8.78 Å². The summed E-state index contributed by atoms with van der Waals surface area (Å²) in [6.07, 6.45) is 0.